The van der Waals surface area contributed by atoms with Crippen molar-refractivity contribution in [2.24, 2.45) is 4.52 Å². The number of rotatable bonds is 15. The highest BCUT2D eigenvalue weighted by atomic mass is 31.3. The number of hydrogen-bond donors (Lipinski definition) is 2. The Kier molecular flexibility index (Phi) is 11.8. The highest BCUT2D eigenvalue weighted by Gasteiger charge is 2.75. The minimum atomic E-state index is -3.80. The van der Waals surface area contributed by atoms with Gasteiger partial charge in [0.15, 0.2) is 23.0 Å². The van der Waals surface area contributed by atoms with E-state index in [1.54, 1.807) is 0 Å². The molecule has 1 aliphatic rings. The largest absolute Gasteiger partial charge is 0.617 e. The van der Waals surface area contributed by atoms with Crippen LogP contribution in [0.25, 0.3) is 0 Å². The van der Waals surface area contributed by atoms with Crippen LogP contribution in [0.3, 0.4) is 0 Å². The van der Waals surface area contributed by atoms with Gasteiger partial charge in [0.05, 0.1) is 4.52 Å². The van der Waals surface area contributed by atoms with Gasteiger partial charge >= 0.3 is 23.7 Å². The third-order valence-corrected chi connectivity index (χ3v) is 17.1. The fourth-order valence-corrected chi connectivity index (χ4v) is 15.9. The maximum absolute atomic E-state index is 7.19. The summed E-state index contributed by atoms with van der Waals surface area (Å²) in [7, 11) is -11.3. The maximum atomic E-state index is 7.19. The molecule has 12 heteroatoms. The average Bonchev–Trinajstić information content (AvgIpc) is 3.19. The molecule has 3 atom stereocenters. The number of nitrogens with zero attached hydrogens (tertiary/aromatic N) is 1. The summed E-state index contributed by atoms with van der Waals surface area (Å²) in [5, 5.41) is 0. The molecule has 6 aromatic carbocycles. The summed E-state index contributed by atoms with van der Waals surface area (Å²) in [5.41, 5.74) is 2.92. The molecule has 0 aliphatic carbocycles. The fourth-order valence-electron chi connectivity index (χ4n) is 5.78. The first-order valence-corrected chi connectivity index (χ1v) is 22.8. The van der Waals surface area contributed by atoms with E-state index in [4.69, 9.17) is 31.7 Å². The summed E-state index contributed by atoms with van der Waals surface area (Å²) >= 11 is 0. The van der Waals surface area contributed by atoms with Crippen LogP contribution < -0.4 is 36.9 Å². The Labute approximate surface area is 319 Å². The molecule has 0 fully saturated rings. The van der Waals surface area contributed by atoms with Gasteiger partial charge < -0.3 is 9.05 Å². The van der Waals surface area contributed by atoms with E-state index in [1.807, 2.05) is 164 Å². The molecular weight excluding hydrogens is 735 g/mol. The standard InChI is InChI=1S/C42H44N3O6P3/c1-4-34-22-16-19-31-40(34)49-52(46-37-25-10-7-11-26-37)43-53(47-38-27-12-8-13-28-38,50-41-32-20-17-23-35(41)5-2)45-54(44-52,48-39-29-14-9-15-30-39)51-42-33-21-18-24-36(42)6-3/h7-33,43-44H,4-6H2,1-3H3/q+2. The van der Waals surface area contributed by atoms with Crippen molar-refractivity contribution in [2.75, 3.05) is 0 Å². The third kappa shape index (κ3) is 8.90. The Hall–Kier alpha value is -4.87. The third-order valence-electron chi connectivity index (χ3n) is 8.41. The minimum Gasteiger partial charge on any atom is -0.415 e. The van der Waals surface area contributed by atoms with Gasteiger partial charge in [-0.25, -0.2) is 0 Å². The molecule has 1 aliphatic heterocycles. The molecule has 0 saturated carbocycles. The van der Waals surface area contributed by atoms with Crippen LogP contribution in [0, 0.1) is 0 Å². The minimum absolute atomic E-state index is 0.525. The van der Waals surface area contributed by atoms with Gasteiger partial charge in [-0.15, -0.1) is 0 Å². The van der Waals surface area contributed by atoms with Crippen LogP contribution in [-0.2, 0) is 19.3 Å². The Morgan fingerprint density at radius 1 is 0.444 bits per heavy atom. The molecule has 1 heterocycles. The second-order valence-corrected chi connectivity index (χ2v) is 18.8. The molecule has 0 spiro atoms. The van der Waals surface area contributed by atoms with E-state index in [9.17, 15) is 0 Å². The molecule has 0 saturated heterocycles. The van der Waals surface area contributed by atoms with Crippen LogP contribution in [0.4, 0.5) is 0 Å². The van der Waals surface area contributed by atoms with Crippen molar-refractivity contribution < 1.29 is 27.1 Å². The van der Waals surface area contributed by atoms with Crippen LogP contribution in [0.1, 0.15) is 37.5 Å². The van der Waals surface area contributed by atoms with Crippen LogP contribution in [-0.4, -0.2) is 0 Å². The van der Waals surface area contributed by atoms with Gasteiger partial charge in [-0.3, -0.25) is 18.1 Å². The molecule has 7 rings (SSSR count). The first-order chi connectivity index (χ1) is 26.4. The van der Waals surface area contributed by atoms with Gasteiger partial charge in [-0.1, -0.05) is 130 Å². The van der Waals surface area contributed by atoms with E-state index in [0.717, 1.165) is 16.7 Å². The van der Waals surface area contributed by atoms with E-state index >= 15 is 0 Å². The molecule has 0 bridgehead atoms. The van der Waals surface area contributed by atoms with Crippen molar-refractivity contribution in [1.82, 2.24) is 9.72 Å². The zero-order valence-corrected chi connectivity index (χ0v) is 33.1. The number of hydrogen-bond acceptors (Lipinski definition) is 9. The van der Waals surface area contributed by atoms with E-state index in [-0.39, 0.29) is 0 Å². The van der Waals surface area contributed by atoms with Gasteiger partial charge in [0.1, 0.15) is 16.4 Å². The molecule has 6 aromatic rings. The van der Waals surface area contributed by atoms with E-state index in [2.05, 4.69) is 30.5 Å². The van der Waals surface area contributed by atoms with E-state index in [1.165, 1.54) is 0 Å². The quantitative estimate of drug-likeness (QED) is 0.0996. The van der Waals surface area contributed by atoms with Crippen molar-refractivity contribution in [1.29, 1.82) is 0 Å². The van der Waals surface area contributed by atoms with Crippen LogP contribution in [0.5, 0.6) is 34.5 Å². The summed E-state index contributed by atoms with van der Waals surface area (Å²) in [6.07, 6.45) is 2.14. The Bertz CT molecular complexity index is 2200. The van der Waals surface area contributed by atoms with Gasteiger partial charge in [0.2, 0.25) is 0 Å². The lowest BCUT2D eigenvalue weighted by Crippen LogP contribution is -2.41. The molecular formula is C42H44N3O6P3+2. The summed E-state index contributed by atoms with van der Waals surface area (Å²) < 4.78 is 48.1. The Balaban J connectivity index is 1.53. The zero-order chi connectivity index (χ0) is 37.3. The van der Waals surface area contributed by atoms with Crippen molar-refractivity contribution in [3.63, 3.8) is 0 Å². The van der Waals surface area contributed by atoms with E-state index in [0.29, 0.717) is 53.8 Å². The predicted octanol–water partition coefficient (Wildman–Crippen LogP) is 12.6. The van der Waals surface area contributed by atoms with Crippen molar-refractivity contribution in [2.45, 2.75) is 40.0 Å². The van der Waals surface area contributed by atoms with E-state index < -0.39 is 23.7 Å². The van der Waals surface area contributed by atoms with Crippen LogP contribution in [0.15, 0.2) is 168 Å². The second kappa shape index (κ2) is 17.1. The lowest BCUT2D eigenvalue weighted by atomic mass is 10.1. The summed E-state index contributed by atoms with van der Waals surface area (Å²) in [6, 6.07) is 52.1. The zero-order valence-electron chi connectivity index (χ0n) is 30.4. The lowest BCUT2D eigenvalue weighted by molar-refractivity contribution is 0.401. The van der Waals surface area contributed by atoms with Crippen molar-refractivity contribution in [3.05, 3.63) is 180 Å². The van der Waals surface area contributed by atoms with Gasteiger partial charge in [-0.2, -0.15) is 0 Å². The molecule has 0 radical (unpaired) electrons. The number of nitrogens with one attached hydrogen (secondary N) is 2. The molecule has 0 amide bonds. The molecule has 54 heavy (non-hydrogen) atoms. The number of benzene rings is 6. The SMILES string of the molecule is CCc1ccccc1OP1(Oc2ccccc2)=N[P+](Oc2ccccc2)(Oc2ccccc2CC)N[P+](Oc2ccccc2)(Oc2ccccc2CC)N1. The normalized spacial score (nSPS) is 20.6. The molecule has 0 aromatic heterocycles. The monoisotopic (exact) mass is 779 g/mol. The smallest absolute Gasteiger partial charge is 0.415 e. The number of para-hydroxylation sites is 6. The molecule has 9 nitrogen and oxygen atoms in total. The second-order valence-electron chi connectivity index (χ2n) is 12.3. The van der Waals surface area contributed by atoms with Crippen molar-refractivity contribution >= 4 is 23.7 Å². The highest BCUT2D eigenvalue weighted by Crippen LogP contribution is 2.80. The van der Waals surface area contributed by atoms with Gasteiger partial charge in [0, 0.05) is 4.86 Å². The maximum Gasteiger partial charge on any atom is 0.617 e. The van der Waals surface area contributed by atoms with Crippen molar-refractivity contribution in [3.8, 4) is 34.5 Å². The van der Waals surface area contributed by atoms with Gasteiger partial charge in [0.25, 0.3) is 0 Å². The van der Waals surface area contributed by atoms with Gasteiger partial charge in [-0.05, 0) is 90.6 Å². The summed E-state index contributed by atoms with van der Waals surface area (Å²) in [5.74, 6) is 3.40. The molecule has 3 unspecified atom stereocenters. The van der Waals surface area contributed by atoms with Crippen LogP contribution >= 0.6 is 23.7 Å². The van der Waals surface area contributed by atoms with Crippen LogP contribution in [0.2, 0.25) is 0 Å². The Morgan fingerprint density at radius 3 is 1.41 bits per heavy atom. The highest BCUT2D eigenvalue weighted by molar-refractivity contribution is 7.89. The number of aryl methyl sites for hydroxylation is 3. The average molecular weight is 780 g/mol. The summed E-state index contributed by atoms with van der Waals surface area (Å²) in [6.45, 7) is 6.25. The fraction of sp³-hybridized carbons (Fsp3) is 0.143. The molecule has 2 N–H and O–H groups in total. The lowest BCUT2D eigenvalue weighted by Gasteiger charge is -2.34. The topological polar surface area (TPSA) is 91.8 Å². The Morgan fingerprint density at radius 2 is 0.870 bits per heavy atom. The first-order valence-electron chi connectivity index (χ1n) is 18.0. The first kappa shape index (κ1) is 37.4. The molecule has 276 valence electrons. The summed E-state index contributed by atoms with van der Waals surface area (Å²) in [4.78, 5) is 7.31. The predicted molar refractivity (Wildman–Crippen MR) is 220 cm³/mol.